The predicted octanol–water partition coefficient (Wildman–Crippen LogP) is 2.77. The molecule has 0 unspecified atom stereocenters. The fraction of sp³-hybridized carbons (Fsp3) is 0.467. The summed E-state index contributed by atoms with van der Waals surface area (Å²) in [7, 11) is 1.53. The molecule has 102 valence electrons. The van der Waals surface area contributed by atoms with E-state index in [1.807, 2.05) is 6.07 Å². The van der Waals surface area contributed by atoms with Gasteiger partial charge in [-0.05, 0) is 30.9 Å². The van der Waals surface area contributed by atoms with Crippen LogP contribution in [0.4, 0.5) is 0 Å². The van der Waals surface area contributed by atoms with Crippen LogP contribution in [0.1, 0.15) is 36.0 Å². The summed E-state index contributed by atoms with van der Waals surface area (Å²) in [5.74, 6) is -0.683. The number of methoxy groups -OCH3 is 1. The van der Waals surface area contributed by atoms with Gasteiger partial charge in [-0.25, -0.2) is 0 Å². The van der Waals surface area contributed by atoms with E-state index in [1.165, 1.54) is 7.11 Å². The number of aliphatic carboxylic acids is 1. The molecule has 0 saturated heterocycles. The van der Waals surface area contributed by atoms with Gasteiger partial charge in [-0.1, -0.05) is 18.6 Å². The summed E-state index contributed by atoms with van der Waals surface area (Å²) in [6.45, 7) is 0. The van der Waals surface area contributed by atoms with Crippen molar-refractivity contribution in [1.29, 1.82) is 0 Å². The van der Waals surface area contributed by atoms with Gasteiger partial charge in [0.15, 0.2) is 5.78 Å². The summed E-state index contributed by atoms with van der Waals surface area (Å²) in [6.07, 6.45) is 2.68. The summed E-state index contributed by atoms with van der Waals surface area (Å²) in [6, 6.07) is 7.08. The van der Waals surface area contributed by atoms with E-state index in [2.05, 4.69) is 0 Å². The number of carbonyl (C=O) groups is 2. The molecule has 4 nitrogen and oxygen atoms in total. The maximum atomic E-state index is 12.3. The molecule has 0 aliphatic heterocycles. The molecule has 1 aliphatic carbocycles. The minimum absolute atomic E-state index is 0.0319. The van der Waals surface area contributed by atoms with Crippen molar-refractivity contribution in [2.75, 3.05) is 7.11 Å². The van der Waals surface area contributed by atoms with Gasteiger partial charge in [-0.3, -0.25) is 9.59 Å². The number of carboxylic acid groups (broad SMARTS) is 1. The number of rotatable bonds is 5. The average molecular weight is 262 g/mol. The maximum Gasteiger partial charge on any atom is 0.306 e. The van der Waals surface area contributed by atoms with Crippen molar-refractivity contribution >= 4 is 11.8 Å². The molecule has 0 heterocycles. The van der Waals surface area contributed by atoms with Crippen LogP contribution in [0.3, 0.4) is 0 Å². The highest BCUT2D eigenvalue weighted by Gasteiger charge is 2.34. The topological polar surface area (TPSA) is 63.6 Å². The van der Waals surface area contributed by atoms with Crippen LogP contribution in [0.5, 0.6) is 5.75 Å². The summed E-state index contributed by atoms with van der Waals surface area (Å²) >= 11 is 0. The number of hydrogen-bond donors (Lipinski definition) is 1. The number of ketones is 1. The fourth-order valence-electron chi connectivity index (χ4n) is 2.83. The molecule has 0 radical (unpaired) electrons. The minimum Gasteiger partial charge on any atom is -0.496 e. The molecule has 0 amide bonds. The first-order chi connectivity index (χ1) is 9.13. The van der Waals surface area contributed by atoms with Gasteiger partial charge in [-0.2, -0.15) is 0 Å². The van der Waals surface area contributed by atoms with Gasteiger partial charge >= 0.3 is 5.97 Å². The van der Waals surface area contributed by atoms with Crippen LogP contribution in [0.15, 0.2) is 24.3 Å². The van der Waals surface area contributed by atoms with E-state index in [4.69, 9.17) is 9.84 Å². The van der Waals surface area contributed by atoms with Crippen LogP contribution in [-0.2, 0) is 4.79 Å². The Balaban J connectivity index is 2.10. The Labute approximate surface area is 112 Å². The quantitative estimate of drug-likeness (QED) is 0.829. The molecule has 0 aromatic heterocycles. The Kier molecular flexibility index (Phi) is 4.20. The number of para-hydroxylation sites is 1. The van der Waals surface area contributed by atoms with E-state index in [1.54, 1.807) is 18.2 Å². The Morgan fingerprint density at radius 1 is 1.32 bits per heavy atom. The van der Waals surface area contributed by atoms with E-state index < -0.39 is 5.97 Å². The lowest BCUT2D eigenvalue weighted by atomic mass is 9.89. The van der Waals surface area contributed by atoms with E-state index >= 15 is 0 Å². The normalized spacial score (nSPS) is 22.2. The second-order valence-electron chi connectivity index (χ2n) is 4.96. The Morgan fingerprint density at radius 2 is 2.05 bits per heavy atom. The molecule has 1 N–H and O–H groups in total. The number of benzene rings is 1. The first-order valence-electron chi connectivity index (χ1n) is 6.52. The zero-order valence-corrected chi connectivity index (χ0v) is 11.0. The standard InChI is InChI=1S/C15H18O4/c1-19-14-8-3-2-6-12(14)13(16)9-10-5-4-7-11(10)15(17)18/h2-3,6,8,10-11H,4-5,7,9H2,1H3,(H,17,18)/t10-,11+/m0/s1. The molecule has 2 atom stereocenters. The zero-order chi connectivity index (χ0) is 13.8. The van der Waals surface area contributed by atoms with Crippen LogP contribution in [0.25, 0.3) is 0 Å². The van der Waals surface area contributed by atoms with E-state index in [9.17, 15) is 9.59 Å². The third-order valence-corrected chi connectivity index (χ3v) is 3.83. The van der Waals surface area contributed by atoms with Crippen molar-refractivity contribution < 1.29 is 19.4 Å². The SMILES string of the molecule is COc1ccccc1C(=O)C[C@@H]1CCC[C@H]1C(=O)O. The Hall–Kier alpha value is -1.84. The summed E-state index contributed by atoms with van der Waals surface area (Å²) in [5, 5.41) is 9.13. The van der Waals surface area contributed by atoms with Gasteiger partial charge in [0, 0.05) is 6.42 Å². The zero-order valence-electron chi connectivity index (χ0n) is 11.0. The number of hydrogen-bond acceptors (Lipinski definition) is 3. The Bertz CT molecular complexity index is 481. The molecule has 4 heteroatoms. The maximum absolute atomic E-state index is 12.3. The van der Waals surface area contributed by atoms with E-state index in [0.29, 0.717) is 17.7 Å². The number of Topliss-reactive ketones (excluding diaryl/α,β-unsaturated/α-hetero) is 1. The number of carbonyl (C=O) groups excluding carboxylic acids is 1. The van der Waals surface area contributed by atoms with Gasteiger partial charge in [0.2, 0.25) is 0 Å². The van der Waals surface area contributed by atoms with Crippen LogP contribution >= 0.6 is 0 Å². The molecule has 19 heavy (non-hydrogen) atoms. The van der Waals surface area contributed by atoms with Crippen LogP contribution in [0, 0.1) is 11.8 Å². The highest BCUT2D eigenvalue weighted by atomic mass is 16.5. The molecule has 0 bridgehead atoms. The van der Waals surface area contributed by atoms with Crippen LogP contribution in [-0.4, -0.2) is 24.0 Å². The largest absolute Gasteiger partial charge is 0.496 e. The van der Waals surface area contributed by atoms with Gasteiger partial charge in [0.1, 0.15) is 5.75 Å². The molecular weight excluding hydrogens is 244 g/mol. The molecule has 1 aromatic rings. The fourth-order valence-corrected chi connectivity index (χ4v) is 2.83. The predicted molar refractivity (Wildman–Crippen MR) is 70.4 cm³/mol. The van der Waals surface area contributed by atoms with Crippen molar-refractivity contribution in [3.05, 3.63) is 29.8 Å². The van der Waals surface area contributed by atoms with E-state index in [-0.39, 0.29) is 24.0 Å². The smallest absolute Gasteiger partial charge is 0.306 e. The third kappa shape index (κ3) is 2.95. The van der Waals surface area contributed by atoms with Gasteiger partial charge in [0.25, 0.3) is 0 Å². The molecule has 2 rings (SSSR count). The van der Waals surface area contributed by atoms with Crippen molar-refractivity contribution in [3.8, 4) is 5.75 Å². The highest BCUT2D eigenvalue weighted by Crippen LogP contribution is 2.35. The molecule has 0 spiro atoms. The van der Waals surface area contributed by atoms with Crippen LogP contribution in [0.2, 0.25) is 0 Å². The molecule has 1 saturated carbocycles. The number of ether oxygens (including phenoxy) is 1. The summed E-state index contributed by atoms with van der Waals surface area (Å²) in [5.41, 5.74) is 0.543. The average Bonchev–Trinajstić information content (AvgIpc) is 2.87. The Morgan fingerprint density at radius 3 is 2.74 bits per heavy atom. The van der Waals surface area contributed by atoms with E-state index in [0.717, 1.165) is 12.8 Å². The van der Waals surface area contributed by atoms with Gasteiger partial charge in [-0.15, -0.1) is 0 Å². The van der Waals surface area contributed by atoms with Crippen molar-refractivity contribution in [1.82, 2.24) is 0 Å². The second kappa shape index (κ2) is 5.87. The van der Waals surface area contributed by atoms with Gasteiger partial charge < -0.3 is 9.84 Å². The summed E-state index contributed by atoms with van der Waals surface area (Å²) < 4.78 is 5.17. The monoisotopic (exact) mass is 262 g/mol. The lowest BCUT2D eigenvalue weighted by molar-refractivity contribution is -0.142. The third-order valence-electron chi connectivity index (χ3n) is 3.83. The molecule has 1 fully saturated rings. The van der Waals surface area contributed by atoms with Crippen molar-refractivity contribution in [2.24, 2.45) is 11.8 Å². The first kappa shape index (κ1) is 13.6. The molecule has 1 aromatic carbocycles. The summed E-state index contributed by atoms with van der Waals surface area (Å²) in [4.78, 5) is 23.4. The minimum atomic E-state index is -0.782. The lowest BCUT2D eigenvalue weighted by Crippen LogP contribution is -2.21. The van der Waals surface area contributed by atoms with Crippen LogP contribution < -0.4 is 4.74 Å². The lowest BCUT2D eigenvalue weighted by Gasteiger charge is -2.15. The molecule has 1 aliphatic rings. The highest BCUT2D eigenvalue weighted by molar-refractivity contribution is 5.99. The van der Waals surface area contributed by atoms with Crippen molar-refractivity contribution in [2.45, 2.75) is 25.7 Å². The number of carboxylic acids is 1. The second-order valence-corrected chi connectivity index (χ2v) is 4.96. The van der Waals surface area contributed by atoms with Crippen molar-refractivity contribution in [3.63, 3.8) is 0 Å². The van der Waals surface area contributed by atoms with Gasteiger partial charge in [0.05, 0.1) is 18.6 Å². The first-order valence-corrected chi connectivity index (χ1v) is 6.52. The molecular formula is C15H18O4.